The van der Waals surface area contributed by atoms with Gasteiger partial charge in [-0.1, -0.05) is 29.8 Å². The third-order valence-corrected chi connectivity index (χ3v) is 2.64. The van der Waals surface area contributed by atoms with E-state index in [-0.39, 0.29) is 11.8 Å². The number of phenols is 1. The maximum absolute atomic E-state index is 13.2. The Morgan fingerprint density at radius 3 is 2.60 bits per heavy atom. The lowest BCUT2D eigenvalue weighted by Gasteiger charge is -2.16. The van der Waals surface area contributed by atoms with E-state index < -0.39 is 5.82 Å². The molecule has 0 aliphatic carbocycles. The van der Waals surface area contributed by atoms with Crippen molar-refractivity contribution < 1.29 is 9.50 Å². The maximum Gasteiger partial charge on any atom is 0.166 e. The predicted molar refractivity (Wildman–Crippen MR) is 62.1 cm³/mol. The summed E-state index contributed by atoms with van der Waals surface area (Å²) in [5.74, 6) is -0.577. The Labute approximate surface area is 97.4 Å². The zero-order valence-electron chi connectivity index (χ0n) is 8.80. The largest absolute Gasteiger partial charge is 0.505 e. The molecule has 0 saturated carbocycles. The molecular formula is C11H15BrFNO. The quantitative estimate of drug-likeness (QED) is 0.889. The third-order valence-electron chi connectivity index (χ3n) is 2.18. The fraction of sp³-hybridized carbons (Fsp3) is 0.455. The van der Waals surface area contributed by atoms with Crippen molar-refractivity contribution in [2.24, 2.45) is 11.7 Å². The van der Waals surface area contributed by atoms with Crippen LogP contribution in [0.1, 0.15) is 31.9 Å². The van der Waals surface area contributed by atoms with Crippen LogP contribution < -0.4 is 5.73 Å². The lowest BCUT2D eigenvalue weighted by Crippen LogP contribution is -2.13. The van der Waals surface area contributed by atoms with E-state index in [1.807, 2.05) is 13.8 Å². The van der Waals surface area contributed by atoms with Gasteiger partial charge in [-0.3, -0.25) is 0 Å². The number of hydrogen-bond acceptors (Lipinski definition) is 2. The summed E-state index contributed by atoms with van der Waals surface area (Å²) < 4.78 is 13.8. The van der Waals surface area contributed by atoms with Gasteiger partial charge >= 0.3 is 0 Å². The Bertz CT molecular complexity index is 355. The van der Waals surface area contributed by atoms with Crippen LogP contribution in [0, 0.1) is 11.7 Å². The molecule has 0 fully saturated rings. The zero-order valence-corrected chi connectivity index (χ0v) is 10.4. The maximum atomic E-state index is 13.2. The first-order chi connectivity index (χ1) is 6.91. The number of hydrogen-bond donors (Lipinski definition) is 2. The van der Waals surface area contributed by atoms with E-state index in [1.54, 1.807) is 6.07 Å². The van der Waals surface area contributed by atoms with Gasteiger partial charge in [0.05, 0.1) is 0 Å². The van der Waals surface area contributed by atoms with Crippen molar-refractivity contribution in [3.8, 4) is 5.75 Å². The van der Waals surface area contributed by atoms with E-state index in [9.17, 15) is 9.50 Å². The van der Waals surface area contributed by atoms with Crippen molar-refractivity contribution in [2.45, 2.75) is 26.3 Å². The second-order valence-corrected chi connectivity index (χ2v) is 4.98. The number of phenolic OH excluding ortho intramolecular Hbond substituents is 1. The molecule has 1 rings (SSSR count). The summed E-state index contributed by atoms with van der Waals surface area (Å²) in [5.41, 5.74) is 6.34. The lowest BCUT2D eigenvalue weighted by molar-refractivity contribution is 0.411. The van der Waals surface area contributed by atoms with Gasteiger partial charge in [-0.25, -0.2) is 4.39 Å². The minimum absolute atomic E-state index is 0.336. The molecule has 0 bridgehead atoms. The highest BCUT2D eigenvalue weighted by atomic mass is 79.9. The molecule has 1 aromatic rings. The van der Waals surface area contributed by atoms with Crippen molar-refractivity contribution in [1.82, 2.24) is 0 Å². The molecule has 0 aromatic heterocycles. The molecule has 0 aliphatic heterocycles. The van der Waals surface area contributed by atoms with Gasteiger partial charge in [0, 0.05) is 16.1 Å². The summed E-state index contributed by atoms with van der Waals surface area (Å²) in [6, 6.07) is 2.55. The second kappa shape index (κ2) is 4.94. The Balaban J connectivity index is 3.02. The van der Waals surface area contributed by atoms with Crippen LogP contribution in [0.25, 0.3) is 0 Å². The van der Waals surface area contributed by atoms with Crippen LogP contribution in [0.5, 0.6) is 5.75 Å². The van der Waals surface area contributed by atoms with Gasteiger partial charge in [0.25, 0.3) is 0 Å². The van der Waals surface area contributed by atoms with Crippen LogP contribution in [-0.2, 0) is 0 Å². The SMILES string of the molecule is CC(C)C[C@@H](N)c1cc(Br)cc(F)c1O. The molecule has 4 heteroatoms. The van der Waals surface area contributed by atoms with Gasteiger partial charge in [-0.15, -0.1) is 0 Å². The standard InChI is InChI=1S/C11H15BrFNO/c1-6(2)3-10(14)8-4-7(12)5-9(13)11(8)15/h4-6,10,15H,3,14H2,1-2H3/t10-/m1/s1. The molecule has 15 heavy (non-hydrogen) atoms. The van der Waals surface area contributed by atoms with Gasteiger partial charge in [0.2, 0.25) is 0 Å². The number of nitrogens with two attached hydrogens (primary N) is 1. The van der Waals surface area contributed by atoms with Crippen molar-refractivity contribution in [1.29, 1.82) is 0 Å². The van der Waals surface area contributed by atoms with E-state index in [0.717, 1.165) is 0 Å². The Morgan fingerprint density at radius 2 is 2.07 bits per heavy atom. The normalized spacial score (nSPS) is 13.2. The number of rotatable bonds is 3. The van der Waals surface area contributed by atoms with Crippen molar-refractivity contribution in [3.63, 3.8) is 0 Å². The van der Waals surface area contributed by atoms with E-state index >= 15 is 0 Å². The number of benzene rings is 1. The van der Waals surface area contributed by atoms with Crippen LogP contribution >= 0.6 is 15.9 Å². The predicted octanol–water partition coefficient (Wildman–Crippen LogP) is 3.34. The van der Waals surface area contributed by atoms with Crippen LogP contribution in [0.3, 0.4) is 0 Å². The molecule has 1 aromatic carbocycles. The molecule has 84 valence electrons. The zero-order chi connectivity index (χ0) is 11.6. The van der Waals surface area contributed by atoms with E-state index in [0.29, 0.717) is 22.4 Å². The van der Waals surface area contributed by atoms with E-state index in [4.69, 9.17) is 5.73 Å². The Kier molecular flexibility index (Phi) is 4.11. The molecule has 0 saturated heterocycles. The first kappa shape index (κ1) is 12.5. The van der Waals surface area contributed by atoms with Gasteiger partial charge in [-0.05, 0) is 24.5 Å². The monoisotopic (exact) mass is 275 g/mol. The van der Waals surface area contributed by atoms with E-state index in [2.05, 4.69) is 15.9 Å². The topological polar surface area (TPSA) is 46.2 Å². The molecule has 0 amide bonds. The highest BCUT2D eigenvalue weighted by molar-refractivity contribution is 9.10. The first-order valence-corrected chi connectivity index (χ1v) is 5.64. The Hall–Kier alpha value is -0.610. The highest BCUT2D eigenvalue weighted by Gasteiger charge is 2.16. The smallest absolute Gasteiger partial charge is 0.166 e. The molecule has 1 atom stereocenters. The summed E-state index contributed by atoms with van der Waals surface area (Å²) in [6.45, 7) is 4.07. The molecule has 0 unspecified atom stereocenters. The molecule has 0 spiro atoms. The molecule has 0 heterocycles. The van der Waals surface area contributed by atoms with Crippen LogP contribution in [-0.4, -0.2) is 5.11 Å². The summed E-state index contributed by atoms with van der Waals surface area (Å²) >= 11 is 3.17. The molecule has 0 radical (unpaired) electrons. The van der Waals surface area contributed by atoms with Crippen molar-refractivity contribution in [3.05, 3.63) is 28.0 Å². The molecule has 0 aliphatic rings. The fourth-order valence-electron chi connectivity index (χ4n) is 1.50. The fourth-order valence-corrected chi connectivity index (χ4v) is 1.95. The van der Waals surface area contributed by atoms with E-state index in [1.165, 1.54) is 6.07 Å². The van der Waals surface area contributed by atoms with Crippen molar-refractivity contribution in [2.75, 3.05) is 0 Å². The van der Waals surface area contributed by atoms with Gasteiger partial charge in [-0.2, -0.15) is 0 Å². The average molecular weight is 276 g/mol. The highest BCUT2D eigenvalue weighted by Crippen LogP contribution is 2.32. The minimum Gasteiger partial charge on any atom is -0.505 e. The van der Waals surface area contributed by atoms with Crippen LogP contribution in [0.15, 0.2) is 16.6 Å². The summed E-state index contributed by atoms with van der Waals surface area (Å²) in [6.07, 6.45) is 0.712. The van der Waals surface area contributed by atoms with Gasteiger partial charge in [0.15, 0.2) is 11.6 Å². The summed E-state index contributed by atoms with van der Waals surface area (Å²) in [4.78, 5) is 0. The van der Waals surface area contributed by atoms with Crippen molar-refractivity contribution >= 4 is 15.9 Å². The van der Waals surface area contributed by atoms with Crippen LogP contribution in [0.2, 0.25) is 0 Å². The molecular weight excluding hydrogens is 261 g/mol. The molecule has 3 N–H and O–H groups in total. The lowest BCUT2D eigenvalue weighted by atomic mass is 9.97. The Morgan fingerprint density at radius 1 is 1.47 bits per heavy atom. The average Bonchev–Trinajstić information content (AvgIpc) is 2.09. The first-order valence-electron chi connectivity index (χ1n) is 4.85. The number of halogens is 2. The number of aromatic hydroxyl groups is 1. The molecule has 2 nitrogen and oxygen atoms in total. The summed E-state index contributed by atoms with van der Waals surface area (Å²) in [5, 5.41) is 9.53. The summed E-state index contributed by atoms with van der Waals surface area (Å²) in [7, 11) is 0. The van der Waals surface area contributed by atoms with Gasteiger partial charge < -0.3 is 10.8 Å². The second-order valence-electron chi connectivity index (χ2n) is 4.06. The minimum atomic E-state index is -0.640. The third kappa shape index (κ3) is 3.18. The van der Waals surface area contributed by atoms with Gasteiger partial charge in [0.1, 0.15) is 0 Å². The van der Waals surface area contributed by atoms with Crippen LogP contribution in [0.4, 0.5) is 4.39 Å².